The molecule has 3 fully saturated rings. The summed E-state index contributed by atoms with van der Waals surface area (Å²) < 4.78 is 6.16. The molecule has 1 atom stereocenters. The van der Waals surface area contributed by atoms with Crippen LogP contribution in [0.3, 0.4) is 0 Å². The Balaban J connectivity index is 1.82. The maximum Gasteiger partial charge on any atom is 0.245 e. The second kappa shape index (κ2) is 7.26. The van der Waals surface area contributed by atoms with Gasteiger partial charge in [0.05, 0.1) is 6.61 Å². The van der Waals surface area contributed by atoms with Gasteiger partial charge in [-0.15, -0.1) is 6.58 Å². The zero-order valence-corrected chi connectivity index (χ0v) is 14.8. The summed E-state index contributed by atoms with van der Waals surface area (Å²) in [7, 11) is 0. The van der Waals surface area contributed by atoms with Crippen molar-refractivity contribution in [3.05, 3.63) is 12.7 Å². The van der Waals surface area contributed by atoms with Gasteiger partial charge in [-0.25, -0.2) is 0 Å². The van der Waals surface area contributed by atoms with E-state index in [0.717, 1.165) is 51.4 Å². The maximum atomic E-state index is 13.2. The molecule has 1 unspecified atom stereocenters. The molecule has 3 rings (SSSR count). The number of rotatable bonds is 4. The van der Waals surface area contributed by atoms with Crippen molar-refractivity contribution in [3.8, 4) is 0 Å². The van der Waals surface area contributed by atoms with E-state index in [0.29, 0.717) is 19.1 Å². The summed E-state index contributed by atoms with van der Waals surface area (Å²) in [5.41, 5.74) is -0.553. The van der Waals surface area contributed by atoms with Crippen LogP contribution in [0.1, 0.15) is 58.3 Å². The molecule has 0 aromatic carbocycles. The molecule has 2 aliphatic carbocycles. The minimum Gasteiger partial charge on any atom is -0.353 e. The lowest BCUT2D eigenvalue weighted by atomic mass is 9.83. The van der Waals surface area contributed by atoms with E-state index >= 15 is 0 Å². The molecule has 1 N–H and O–H groups in total. The molecule has 134 valence electrons. The van der Waals surface area contributed by atoms with E-state index in [9.17, 15) is 9.59 Å². The number of amides is 2. The molecule has 2 saturated carbocycles. The second-order valence-corrected chi connectivity index (χ2v) is 7.68. The average Bonchev–Trinajstić information content (AvgIpc) is 3.23. The minimum absolute atomic E-state index is 0.0672. The van der Waals surface area contributed by atoms with E-state index in [4.69, 9.17) is 4.74 Å². The fraction of sp³-hybridized carbons (Fsp3) is 0.789. The molecule has 1 heterocycles. The number of carbonyl (C=O) groups excluding carboxylic acids is 2. The normalized spacial score (nSPS) is 33.8. The highest BCUT2D eigenvalue weighted by Crippen LogP contribution is 2.44. The van der Waals surface area contributed by atoms with Crippen LogP contribution in [0.2, 0.25) is 0 Å². The number of ether oxygens (including phenoxy) is 1. The summed E-state index contributed by atoms with van der Waals surface area (Å²) in [6, 6.07) is -0.494. The van der Waals surface area contributed by atoms with Crippen molar-refractivity contribution in [2.24, 2.45) is 11.8 Å². The molecule has 2 amide bonds. The molecular formula is C19H30N2O3. The lowest BCUT2D eigenvalue weighted by molar-refractivity contribution is -0.165. The lowest BCUT2D eigenvalue weighted by Crippen LogP contribution is -2.58. The van der Waals surface area contributed by atoms with Crippen molar-refractivity contribution in [2.45, 2.75) is 70.1 Å². The third kappa shape index (κ3) is 3.23. The van der Waals surface area contributed by atoms with Crippen molar-refractivity contribution in [2.75, 3.05) is 13.2 Å². The van der Waals surface area contributed by atoms with Crippen molar-refractivity contribution >= 4 is 11.8 Å². The standard InChI is InChI=1S/C19H30N2O3/c1-3-12-20-17(22)16-13-24-19(10-8-14(2)9-11-19)21(16)18(23)15-6-4-5-7-15/h3,14-16H,1,4-13H2,2H3,(H,20,22). The zero-order valence-electron chi connectivity index (χ0n) is 14.8. The van der Waals surface area contributed by atoms with Gasteiger partial charge in [-0.05, 0) is 44.4 Å². The first kappa shape index (κ1) is 17.5. The molecule has 1 aliphatic heterocycles. The Morgan fingerprint density at radius 3 is 2.54 bits per heavy atom. The number of nitrogens with zero attached hydrogens (tertiary/aromatic N) is 1. The Labute approximate surface area is 144 Å². The van der Waals surface area contributed by atoms with Crippen molar-refractivity contribution < 1.29 is 14.3 Å². The molecular weight excluding hydrogens is 304 g/mol. The Hall–Kier alpha value is -1.36. The molecule has 5 heteroatoms. The molecule has 1 saturated heterocycles. The predicted octanol–water partition coefficient (Wildman–Crippen LogP) is 2.61. The summed E-state index contributed by atoms with van der Waals surface area (Å²) in [6.45, 7) is 6.63. The summed E-state index contributed by atoms with van der Waals surface area (Å²) >= 11 is 0. The minimum atomic E-state index is -0.553. The first-order chi connectivity index (χ1) is 11.6. The lowest BCUT2D eigenvalue weighted by Gasteiger charge is -2.43. The molecule has 0 bridgehead atoms. The van der Waals surface area contributed by atoms with E-state index in [1.807, 2.05) is 4.90 Å². The van der Waals surface area contributed by atoms with Crippen molar-refractivity contribution in [1.29, 1.82) is 0 Å². The van der Waals surface area contributed by atoms with Gasteiger partial charge in [0, 0.05) is 12.5 Å². The van der Waals surface area contributed by atoms with E-state index in [1.54, 1.807) is 6.08 Å². The molecule has 0 aromatic heterocycles. The van der Waals surface area contributed by atoms with Crippen LogP contribution in [0, 0.1) is 11.8 Å². The topological polar surface area (TPSA) is 58.6 Å². The maximum absolute atomic E-state index is 13.2. The summed E-state index contributed by atoms with van der Waals surface area (Å²) in [5.74, 6) is 0.754. The zero-order chi connectivity index (χ0) is 17.2. The summed E-state index contributed by atoms with van der Waals surface area (Å²) in [5, 5.41) is 2.85. The molecule has 1 spiro atoms. The van der Waals surface area contributed by atoms with Gasteiger partial charge in [0.2, 0.25) is 11.8 Å². The fourth-order valence-electron chi connectivity index (χ4n) is 4.47. The van der Waals surface area contributed by atoms with Crippen LogP contribution in [0.15, 0.2) is 12.7 Å². The number of hydrogen-bond donors (Lipinski definition) is 1. The molecule has 24 heavy (non-hydrogen) atoms. The Morgan fingerprint density at radius 1 is 1.25 bits per heavy atom. The largest absolute Gasteiger partial charge is 0.353 e. The third-order valence-corrected chi connectivity index (χ3v) is 5.98. The Morgan fingerprint density at radius 2 is 1.92 bits per heavy atom. The van der Waals surface area contributed by atoms with E-state index < -0.39 is 11.8 Å². The van der Waals surface area contributed by atoms with Crippen LogP contribution >= 0.6 is 0 Å². The highest BCUT2D eigenvalue weighted by atomic mass is 16.5. The Bertz CT molecular complexity index is 491. The van der Waals surface area contributed by atoms with E-state index in [1.165, 1.54) is 0 Å². The molecule has 0 aromatic rings. The molecule has 0 radical (unpaired) electrons. The summed E-state index contributed by atoms with van der Waals surface area (Å²) in [6.07, 6.45) is 9.58. The van der Waals surface area contributed by atoms with Gasteiger partial charge in [-0.2, -0.15) is 0 Å². The van der Waals surface area contributed by atoms with Gasteiger partial charge >= 0.3 is 0 Å². The van der Waals surface area contributed by atoms with Crippen LogP contribution in [0.4, 0.5) is 0 Å². The molecule has 5 nitrogen and oxygen atoms in total. The van der Waals surface area contributed by atoms with Gasteiger partial charge < -0.3 is 10.1 Å². The van der Waals surface area contributed by atoms with Crippen LogP contribution in [0.5, 0.6) is 0 Å². The number of nitrogens with one attached hydrogen (secondary N) is 1. The van der Waals surface area contributed by atoms with Gasteiger partial charge in [0.25, 0.3) is 0 Å². The van der Waals surface area contributed by atoms with Gasteiger partial charge in [-0.3, -0.25) is 14.5 Å². The van der Waals surface area contributed by atoms with Gasteiger partial charge in [-0.1, -0.05) is 25.8 Å². The van der Waals surface area contributed by atoms with Crippen molar-refractivity contribution in [1.82, 2.24) is 10.2 Å². The van der Waals surface area contributed by atoms with E-state index in [2.05, 4.69) is 18.8 Å². The van der Waals surface area contributed by atoms with E-state index in [-0.39, 0.29) is 17.7 Å². The fourth-order valence-corrected chi connectivity index (χ4v) is 4.47. The number of hydrogen-bond acceptors (Lipinski definition) is 3. The van der Waals surface area contributed by atoms with Gasteiger partial charge in [0.15, 0.2) is 0 Å². The third-order valence-electron chi connectivity index (χ3n) is 5.98. The van der Waals surface area contributed by atoms with Gasteiger partial charge in [0.1, 0.15) is 11.8 Å². The highest BCUT2D eigenvalue weighted by molar-refractivity contribution is 5.89. The molecule has 3 aliphatic rings. The first-order valence-electron chi connectivity index (χ1n) is 9.43. The average molecular weight is 334 g/mol. The highest BCUT2D eigenvalue weighted by Gasteiger charge is 2.54. The van der Waals surface area contributed by atoms with Crippen LogP contribution in [0.25, 0.3) is 0 Å². The SMILES string of the molecule is C=CCNC(=O)C1COC2(CCC(C)CC2)N1C(=O)C1CCCC1. The number of carbonyl (C=O) groups is 2. The quantitative estimate of drug-likeness (QED) is 0.804. The Kier molecular flexibility index (Phi) is 5.28. The van der Waals surface area contributed by atoms with Crippen LogP contribution in [-0.2, 0) is 14.3 Å². The monoisotopic (exact) mass is 334 g/mol. The predicted molar refractivity (Wildman–Crippen MR) is 92.1 cm³/mol. The van der Waals surface area contributed by atoms with Crippen LogP contribution < -0.4 is 5.32 Å². The van der Waals surface area contributed by atoms with Crippen molar-refractivity contribution in [3.63, 3.8) is 0 Å². The van der Waals surface area contributed by atoms with Crippen LogP contribution in [-0.4, -0.2) is 41.6 Å². The second-order valence-electron chi connectivity index (χ2n) is 7.68. The summed E-state index contributed by atoms with van der Waals surface area (Å²) in [4.78, 5) is 27.7. The smallest absolute Gasteiger partial charge is 0.245 e. The first-order valence-corrected chi connectivity index (χ1v) is 9.43.